The molecule has 3 heteroatoms. The SMILES string of the molecule is COc1ccccc1C(O)c1cc(C)c(Br)cc1C. The lowest BCUT2D eigenvalue weighted by Crippen LogP contribution is -2.05. The second kappa shape index (κ2) is 5.76. The molecular weight excluding hydrogens is 304 g/mol. The molecule has 0 saturated heterocycles. The predicted molar refractivity (Wildman–Crippen MR) is 80.7 cm³/mol. The van der Waals surface area contributed by atoms with Crippen molar-refractivity contribution < 1.29 is 9.84 Å². The fourth-order valence-electron chi connectivity index (χ4n) is 2.16. The lowest BCUT2D eigenvalue weighted by atomic mass is 9.95. The summed E-state index contributed by atoms with van der Waals surface area (Å²) in [5, 5.41) is 10.6. The van der Waals surface area contributed by atoms with Gasteiger partial charge in [-0.05, 0) is 42.7 Å². The van der Waals surface area contributed by atoms with Crippen LogP contribution in [0.2, 0.25) is 0 Å². The lowest BCUT2D eigenvalue weighted by Gasteiger charge is -2.18. The van der Waals surface area contributed by atoms with Gasteiger partial charge in [-0.3, -0.25) is 0 Å². The van der Waals surface area contributed by atoms with Gasteiger partial charge in [-0.25, -0.2) is 0 Å². The standard InChI is InChI=1S/C16H17BrO2/c1-10-9-14(17)11(2)8-13(10)16(18)12-6-4-5-7-15(12)19-3/h4-9,16,18H,1-3H3. The van der Waals surface area contributed by atoms with Crippen LogP contribution in [0.1, 0.15) is 28.4 Å². The van der Waals surface area contributed by atoms with Crippen molar-refractivity contribution in [2.45, 2.75) is 20.0 Å². The summed E-state index contributed by atoms with van der Waals surface area (Å²) in [6.45, 7) is 4.01. The number of aryl methyl sites for hydroxylation is 2. The van der Waals surface area contributed by atoms with Crippen LogP contribution in [0.4, 0.5) is 0 Å². The second-order valence-electron chi connectivity index (χ2n) is 4.60. The Morgan fingerprint density at radius 3 is 2.42 bits per heavy atom. The maximum Gasteiger partial charge on any atom is 0.125 e. The molecule has 0 heterocycles. The summed E-state index contributed by atoms with van der Waals surface area (Å²) >= 11 is 3.51. The second-order valence-corrected chi connectivity index (χ2v) is 5.46. The molecule has 2 rings (SSSR count). The van der Waals surface area contributed by atoms with Gasteiger partial charge in [-0.2, -0.15) is 0 Å². The molecular formula is C16H17BrO2. The minimum absolute atomic E-state index is 0.678. The summed E-state index contributed by atoms with van der Waals surface area (Å²) in [6, 6.07) is 11.6. The zero-order chi connectivity index (χ0) is 14.0. The van der Waals surface area contributed by atoms with Crippen LogP contribution in [0.25, 0.3) is 0 Å². The molecule has 19 heavy (non-hydrogen) atoms. The fraction of sp³-hybridized carbons (Fsp3) is 0.250. The number of hydrogen-bond donors (Lipinski definition) is 1. The van der Waals surface area contributed by atoms with Crippen LogP contribution in [0, 0.1) is 13.8 Å². The summed E-state index contributed by atoms with van der Waals surface area (Å²) in [7, 11) is 1.62. The third-order valence-corrected chi connectivity index (χ3v) is 4.13. The van der Waals surface area contributed by atoms with Gasteiger partial charge in [0.2, 0.25) is 0 Å². The summed E-state index contributed by atoms with van der Waals surface area (Å²) in [5.74, 6) is 0.704. The zero-order valence-electron chi connectivity index (χ0n) is 11.3. The van der Waals surface area contributed by atoms with Crippen LogP contribution in [0.15, 0.2) is 40.9 Å². The number of ether oxygens (including phenoxy) is 1. The fourth-order valence-corrected chi connectivity index (χ4v) is 2.62. The molecule has 0 saturated carbocycles. The Balaban J connectivity index is 2.50. The maximum absolute atomic E-state index is 10.6. The van der Waals surface area contributed by atoms with Gasteiger partial charge >= 0.3 is 0 Å². The first kappa shape index (κ1) is 14.1. The van der Waals surface area contributed by atoms with Crippen LogP contribution in [-0.4, -0.2) is 12.2 Å². The van der Waals surface area contributed by atoms with Crippen LogP contribution < -0.4 is 4.74 Å². The van der Waals surface area contributed by atoms with Crippen molar-refractivity contribution in [2.75, 3.05) is 7.11 Å². The van der Waals surface area contributed by atoms with Gasteiger partial charge in [0.25, 0.3) is 0 Å². The van der Waals surface area contributed by atoms with E-state index in [1.807, 2.05) is 50.2 Å². The average Bonchev–Trinajstić information content (AvgIpc) is 2.42. The molecule has 2 aromatic carbocycles. The van der Waals surface area contributed by atoms with Crippen LogP contribution in [0.5, 0.6) is 5.75 Å². The smallest absolute Gasteiger partial charge is 0.125 e. The molecule has 1 unspecified atom stereocenters. The molecule has 0 aliphatic heterocycles. The van der Waals surface area contributed by atoms with Gasteiger partial charge in [0.1, 0.15) is 11.9 Å². The summed E-state index contributed by atoms with van der Waals surface area (Å²) in [4.78, 5) is 0. The van der Waals surface area contributed by atoms with E-state index in [2.05, 4.69) is 15.9 Å². The van der Waals surface area contributed by atoms with Crippen molar-refractivity contribution in [1.29, 1.82) is 0 Å². The summed E-state index contributed by atoms with van der Waals surface area (Å²) in [6.07, 6.45) is -0.678. The van der Waals surface area contributed by atoms with Gasteiger partial charge in [0.05, 0.1) is 7.11 Å². The highest BCUT2D eigenvalue weighted by atomic mass is 79.9. The highest BCUT2D eigenvalue weighted by molar-refractivity contribution is 9.10. The molecule has 100 valence electrons. The van der Waals surface area contributed by atoms with Gasteiger partial charge in [0, 0.05) is 10.0 Å². The molecule has 1 atom stereocenters. The zero-order valence-corrected chi connectivity index (χ0v) is 12.9. The number of para-hydroxylation sites is 1. The van der Waals surface area contributed by atoms with Crippen molar-refractivity contribution in [1.82, 2.24) is 0 Å². The molecule has 0 aliphatic carbocycles. The van der Waals surface area contributed by atoms with Gasteiger partial charge in [-0.1, -0.05) is 40.2 Å². The minimum Gasteiger partial charge on any atom is -0.496 e. The molecule has 0 aliphatic rings. The first-order valence-corrected chi connectivity index (χ1v) is 6.91. The Kier molecular flexibility index (Phi) is 4.27. The van der Waals surface area contributed by atoms with Crippen molar-refractivity contribution in [3.05, 3.63) is 63.1 Å². The van der Waals surface area contributed by atoms with E-state index in [1.54, 1.807) is 7.11 Å². The van der Waals surface area contributed by atoms with E-state index in [-0.39, 0.29) is 0 Å². The average molecular weight is 321 g/mol. The molecule has 2 nitrogen and oxygen atoms in total. The molecule has 0 fully saturated rings. The third kappa shape index (κ3) is 2.82. The molecule has 0 radical (unpaired) electrons. The van der Waals surface area contributed by atoms with E-state index in [1.165, 1.54) is 0 Å². The van der Waals surface area contributed by atoms with Crippen molar-refractivity contribution in [2.24, 2.45) is 0 Å². The Labute approximate surface area is 122 Å². The Morgan fingerprint density at radius 2 is 1.74 bits per heavy atom. The van der Waals surface area contributed by atoms with Crippen LogP contribution in [0.3, 0.4) is 0 Å². The van der Waals surface area contributed by atoms with Crippen molar-refractivity contribution in [3.8, 4) is 5.75 Å². The normalized spacial score (nSPS) is 12.3. The van der Waals surface area contributed by atoms with Gasteiger partial charge in [-0.15, -0.1) is 0 Å². The van der Waals surface area contributed by atoms with E-state index in [9.17, 15) is 5.11 Å². The largest absolute Gasteiger partial charge is 0.496 e. The predicted octanol–water partition coefficient (Wildman–Crippen LogP) is 4.16. The molecule has 0 amide bonds. The highest BCUT2D eigenvalue weighted by Gasteiger charge is 2.17. The molecule has 1 N–H and O–H groups in total. The summed E-state index contributed by atoms with van der Waals surface area (Å²) in [5.41, 5.74) is 3.85. The highest BCUT2D eigenvalue weighted by Crippen LogP contribution is 2.33. The topological polar surface area (TPSA) is 29.5 Å². The number of aliphatic hydroxyl groups excluding tert-OH is 1. The Bertz CT molecular complexity index is 593. The van der Waals surface area contributed by atoms with E-state index in [0.29, 0.717) is 5.75 Å². The molecule has 0 spiro atoms. The first-order valence-electron chi connectivity index (χ1n) is 6.12. The Hall–Kier alpha value is -1.32. The lowest BCUT2D eigenvalue weighted by molar-refractivity contribution is 0.214. The van der Waals surface area contributed by atoms with Crippen molar-refractivity contribution >= 4 is 15.9 Å². The minimum atomic E-state index is -0.678. The number of methoxy groups -OCH3 is 1. The van der Waals surface area contributed by atoms with Gasteiger partial charge < -0.3 is 9.84 Å². The van der Waals surface area contributed by atoms with Crippen LogP contribution >= 0.6 is 15.9 Å². The first-order chi connectivity index (χ1) is 9.04. The maximum atomic E-state index is 10.6. The van der Waals surface area contributed by atoms with Gasteiger partial charge in [0.15, 0.2) is 0 Å². The van der Waals surface area contributed by atoms with E-state index >= 15 is 0 Å². The monoisotopic (exact) mass is 320 g/mol. The number of benzene rings is 2. The van der Waals surface area contributed by atoms with E-state index < -0.39 is 6.10 Å². The molecule has 2 aromatic rings. The van der Waals surface area contributed by atoms with E-state index in [4.69, 9.17) is 4.74 Å². The number of aliphatic hydroxyl groups is 1. The van der Waals surface area contributed by atoms with Crippen molar-refractivity contribution in [3.63, 3.8) is 0 Å². The summed E-state index contributed by atoms with van der Waals surface area (Å²) < 4.78 is 6.37. The van der Waals surface area contributed by atoms with Crippen LogP contribution in [-0.2, 0) is 0 Å². The Morgan fingerprint density at radius 1 is 1.05 bits per heavy atom. The molecule has 0 bridgehead atoms. The third-order valence-electron chi connectivity index (χ3n) is 3.28. The molecule has 0 aromatic heterocycles. The number of hydrogen-bond acceptors (Lipinski definition) is 2. The van der Waals surface area contributed by atoms with E-state index in [0.717, 1.165) is 26.7 Å². The number of rotatable bonds is 3. The quantitative estimate of drug-likeness (QED) is 0.920. The number of halogens is 1.